The summed E-state index contributed by atoms with van der Waals surface area (Å²) in [6, 6.07) is 18.9. The lowest BCUT2D eigenvalue weighted by molar-refractivity contribution is 0.0734. The van der Waals surface area contributed by atoms with E-state index in [0.29, 0.717) is 30.0 Å². The van der Waals surface area contributed by atoms with Crippen LogP contribution in [0.3, 0.4) is 0 Å². The molecule has 3 aromatic carbocycles. The number of carbonyl (C=O) groups is 1. The van der Waals surface area contributed by atoms with E-state index >= 15 is 0 Å². The van der Waals surface area contributed by atoms with E-state index in [1.54, 1.807) is 42.6 Å². The smallest absolute Gasteiger partial charge is 0.343 e. The molecule has 0 spiro atoms. The van der Waals surface area contributed by atoms with Gasteiger partial charge >= 0.3 is 5.97 Å². The molecule has 1 N–H and O–H groups in total. The van der Waals surface area contributed by atoms with Crippen molar-refractivity contribution in [1.82, 2.24) is 0 Å². The summed E-state index contributed by atoms with van der Waals surface area (Å²) in [6.07, 6.45) is 8.81. The van der Waals surface area contributed by atoms with Crippen molar-refractivity contribution in [3.05, 3.63) is 77.9 Å². The Balaban J connectivity index is 1.50. The van der Waals surface area contributed by atoms with Crippen molar-refractivity contribution < 1.29 is 24.1 Å². The van der Waals surface area contributed by atoms with Crippen LogP contribution in [-0.2, 0) is 0 Å². The van der Waals surface area contributed by atoms with Gasteiger partial charge in [-0.15, -0.1) is 0 Å². The zero-order valence-electron chi connectivity index (χ0n) is 21.1. The van der Waals surface area contributed by atoms with Crippen LogP contribution in [0.25, 0.3) is 0 Å². The van der Waals surface area contributed by atoms with E-state index in [1.165, 1.54) is 38.2 Å². The lowest BCUT2D eigenvalue weighted by atomic mass is 10.1. The fraction of sp³-hybridized carbons (Fsp3) is 0.333. The van der Waals surface area contributed by atoms with E-state index in [0.717, 1.165) is 17.9 Å². The Labute approximate surface area is 213 Å². The first-order chi connectivity index (χ1) is 17.6. The molecule has 0 aliphatic carbocycles. The van der Waals surface area contributed by atoms with Gasteiger partial charge in [-0.1, -0.05) is 45.1 Å². The predicted molar refractivity (Wildman–Crippen MR) is 143 cm³/mol. The molecule has 3 aromatic rings. The number of hydrogen-bond acceptors (Lipinski definition) is 6. The van der Waals surface area contributed by atoms with E-state index in [1.807, 2.05) is 31.2 Å². The van der Waals surface area contributed by atoms with Gasteiger partial charge in [-0.05, 0) is 61.9 Å². The van der Waals surface area contributed by atoms with Crippen molar-refractivity contribution in [2.45, 2.75) is 52.4 Å². The summed E-state index contributed by atoms with van der Waals surface area (Å²) in [7, 11) is 0. The van der Waals surface area contributed by atoms with Crippen LogP contribution in [0.5, 0.6) is 23.0 Å². The number of benzene rings is 3. The normalized spacial score (nSPS) is 10.9. The minimum atomic E-state index is -0.508. The Kier molecular flexibility index (Phi) is 10.8. The van der Waals surface area contributed by atoms with Gasteiger partial charge in [-0.25, -0.2) is 4.79 Å². The number of aromatic hydroxyl groups is 1. The van der Waals surface area contributed by atoms with Crippen LogP contribution in [0, 0.1) is 0 Å². The molecule has 0 aliphatic heterocycles. The average molecular weight is 490 g/mol. The van der Waals surface area contributed by atoms with Crippen molar-refractivity contribution in [2.75, 3.05) is 13.2 Å². The molecule has 0 amide bonds. The number of unbranched alkanes of at least 4 members (excludes halogenated alkanes) is 5. The highest BCUT2D eigenvalue weighted by Gasteiger charge is 2.11. The van der Waals surface area contributed by atoms with Gasteiger partial charge in [0.15, 0.2) is 0 Å². The minimum Gasteiger partial charge on any atom is -0.507 e. The highest BCUT2D eigenvalue weighted by Crippen LogP contribution is 2.25. The van der Waals surface area contributed by atoms with Gasteiger partial charge in [0.2, 0.25) is 0 Å². The highest BCUT2D eigenvalue weighted by molar-refractivity contribution is 5.91. The number of phenolic OH excluding ortho intramolecular Hbond substituents is 1. The lowest BCUT2D eigenvalue weighted by Gasteiger charge is -2.08. The van der Waals surface area contributed by atoms with Crippen LogP contribution in [0.1, 0.15) is 68.3 Å². The fourth-order valence-corrected chi connectivity index (χ4v) is 3.59. The molecule has 0 bridgehead atoms. The summed E-state index contributed by atoms with van der Waals surface area (Å²) in [5.41, 5.74) is 1.61. The molecule has 0 fully saturated rings. The number of aliphatic imine (C=N–C) groups is 1. The first-order valence-electron chi connectivity index (χ1n) is 12.6. The van der Waals surface area contributed by atoms with Crippen molar-refractivity contribution >= 4 is 17.9 Å². The van der Waals surface area contributed by atoms with Gasteiger partial charge in [0.05, 0.1) is 24.5 Å². The molecular weight excluding hydrogens is 454 g/mol. The van der Waals surface area contributed by atoms with Crippen molar-refractivity contribution in [2.24, 2.45) is 4.99 Å². The van der Waals surface area contributed by atoms with Crippen LogP contribution < -0.4 is 14.2 Å². The fourth-order valence-electron chi connectivity index (χ4n) is 3.59. The maximum atomic E-state index is 12.5. The Morgan fingerprint density at radius 3 is 2.33 bits per heavy atom. The lowest BCUT2D eigenvalue weighted by Crippen LogP contribution is -2.08. The topological polar surface area (TPSA) is 77.4 Å². The maximum Gasteiger partial charge on any atom is 0.343 e. The summed E-state index contributed by atoms with van der Waals surface area (Å²) in [5.74, 6) is 1.16. The van der Waals surface area contributed by atoms with E-state index in [2.05, 4.69) is 11.9 Å². The monoisotopic (exact) mass is 489 g/mol. The number of phenols is 1. The largest absolute Gasteiger partial charge is 0.507 e. The van der Waals surface area contributed by atoms with Gasteiger partial charge in [-0.2, -0.15) is 0 Å². The summed E-state index contributed by atoms with van der Waals surface area (Å²) in [4.78, 5) is 16.9. The Bertz CT molecular complexity index is 1120. The van der Waals surface area contributed by atoms with Gasteiger partial charge in [0.1, 0.15) is 23.0 Å². The molecule has 0 heterocycles. The molecule has 36 heavy (non-hydrogen) atoms. The zero-order valence-corrected chi connectivity index (χ0v) is 21.1. The van der Waals surface area contributed by atoms with E-state index in [-0.39, 0.29) is 11.5 Å². The number of nitrogens with zero attached hydrogens (tertiary/aromatic N) is 1. The van der Waals surface area contributed by atoms with E-state index in [4.69, 9.17) is 14.2 Å². The number of hydrogen-bond donors (Lipinski definition) is 1. The molecule has 190 valence electrons. The van der Waals surface area contributed by atoms with E-state index in [9.17, 15) is 9.90 Å². The average Bonchev–Trinajstić information content (AvgIpc) is 2.88. The van der Waals surface area contributed by atoms with Crippen LogP contribution in [0.15, 0.2) is 71.7 Å². The highest BCUT2D eigenvalue weighted by atomic mass is 16.5. The third kappa shape index (κ3) is 8.77. The van der Waals surface area contributed by atoms with E-state index < -0.39 is 5.97 Å². The molecule has 6 nitrogen and oxygen atoms in total. The van der Waals surface area contributed by atoms with Gasteiger partial charge < -0.3 is 19.3 Å². The van der Waals surface area contributed by atoms with Crippen LogP contribution in [0.2, 0.25) is 0 Å². The second kappa shape index (κ2) is 14.6. The molecule has 0 radical (unpaired) electrons. The van der Waals surface area contributed by atoms with Crippen LogP contribution in [-0.4, -0.2) is 30.5 Å². The molecule has 3 rings (SSSR count). The summed E-state index contributed by atoms with van der Waals surface area (Å²) < 4.78 is 16.7. The number of ether oxygens (including phenoxy) is 3. The van der Waals surface area contributed by atoms with Gasteiger partial charge in [0.25, 0.3) is 0 Å². The molecule has 0 saturated heterocycles. The predicted octanol–water partition coefficient (Wildman–Crippen LogP) is 7.50. The zero-order chi connectivity index (χ0) is 25.6. The van der Waals surface area contributed by atoms with Crippen LogP contribution in [0.4, 0.5) is 5.69 Å². The summed E-state index contributed by atoms with van der Waals surface area (Å²) in [5, 5.41) is 10.4. The SMILES string of the molecule is CCCCCCCCOc1ccc(C(=O)Oc2ccc(C=Nc3cccc(OCC)c3)c(O)c2)cc1. The minimum absolute atomic E-state index is 0.0385. The number of carbonyl (C=O) groups excluding carboxylic acids is 1. The maximum absolute atomic E-state index is 12.5. The van der Waals surface area contributed by atoms with Crippen molar-refractivity contribution in [3.8, 4) is 23.0 Å². The molecule has 0 aromatic heterocycles. The molecular formula is C30H35NO5. The number of esters is 1. The third-order valence-electron chi connectivity index (χ3n) is 5.55. The second-order valence-electron chi connectivity index (χ2n) is 8.44. The molecule has 0 unspecified atom stereocenters. The third-order valence-corrected chi connectivity index (χ3v) is 5.55. The first kappa shape index (κ1) is 26.8. The molecule has 0 saturated carbocycles. The quantitative estimate of drug-likeness (QED) is 0.110. The van der Waals surface area contributed by atoms with Gasteiger partial charge in [0, 0.05) is 23.9 Å². The molecule has 0 atom stereocenters. The molecule has 0 aliphatic rings. The molecule has 6 heteroatoms. The summed E-state index contributed by atoms with van der Waals surface area (Å²) >= 11 is 0. The Hall–Kier alpha value is -3.80. The van der Waals surface area contributed by atoms with Crippen molar-refractivity contribution in [1.29, 1.82) is 0 Å². The van der Waals surface area contributed by atoms with Crippen molar-refractivity contribution in [3.63, 3.8) is 0 Å². The first-order valence-corrected chi connectivity index (χ1v) is 12.6. The standard InChI is InChI=1S/C30H35NO5/c1-3-5-6-7-8-9-19-35-26-16-13-23(14-17-26)30(33)36-28-18-15-24(29(32)21-28)22-31-25-11-10-12-27(20-25)34-4-2/h10-18,20-22,32H,3-9,19H2,1-2H3. The van der Waals surface area contributed by atoms with Gasteiger partial charge in [-0.3, -0.25) is 4.99 Å². The van der Waals surface area contributed by atoms with Crippen LogP contribution >= 0.6 is 0 Å². The Morgan fingerprint density at radius 1 is 0.833 bits per heavy atom. The Morgan fingerprint density at radius 2 is 1.58 bits per heavy atom. The second-order valence-corrected chi connectivity index (χ2v) is 8.44. The number of rotatable bonds is 14. The summed E-state index contributed by atoms with van der Waals surface area (Å²) in [6.45, 7) is 5.38.